The highest BCUT2D eigenvalue weighted by Crippen LogP contribution is 2.21. The molecule has 1 heterocycles. The normalized spacial score (nSPS) is 14.3. The fourth-order valence-corrected chi connectivity index (χ4v) is 2.14. The highest BCUT2D eigenvalue weighted by atomic mass is 16.5. The van der Waals surface area contributed by atoms with Crippen molar-refractivity contribution < 1.29 is 9.32 Å². The number of rotatable bonds is 6. The van der Waals surface area contributed by atoms with E-state index in [4.69, 9.17) is 10.3 Å². The molecule has 1 rings (SSSR count). The monoisotopic (exact) mass is 253 g/mol. The summed E-state index contributed by atoms with van der Waals surface area (Å²) < 4.78 is 5.10. The first-order chi connectivity index (χ1) is 8.49. The van der Waals surface area contributed by atoms with Crippen molar-refractivity contribution in [1.82, 2.24) is 10.5 Å². The molecule has 0 saturated heterocycles. The second-order valence-electron chi connectivity index (χ2n) is 4.74. The molecule has 0 aliphatic rings. The van der Waals surface area contributed by atoms with Crippen LogP contribution in [-0.2, 0) is 4.79 Å². The molecule has 0 radical (unpaired) electrons. The third-order valence-electron chi connectivity index (χ3n) is 3.28. The quantitative estimate of drug-likeness (QED) is 0.810. The molecule has 0 bridgehead atoms. The SMILES string of the molecule is CCC(CN)CC(=O)NC(C)c1c(C)noc1C. The van der Waals surface area contributed by atoms with Crippen LogP contribution in [0.1, 0.15) is 49.7 Å². The van der Waals surface area contributed by atoms with Gasteiger partial charge in [-0.2, -0.15) is 0 Å². The van der Waals surface area contributed by atoms with Gasteiger partial charge in [-0.1, -0.05) is 18.5 Å². The standard InChI is InChI=1S/C13H23N3O2/c1-5-11(7-14)6-12(17)15-8(2)13-9(3)16-18-10(13)4/h8,11H,5-7,14H2,1-4H3,(H,15,17). The lowest BCUT2D eigenvalue weighted by Crippen LogP contribution is -2.30. The van der Waals surface area contributed by atoms with Gasteiger partial charge in [0.1, 0.15) is 5.76 Å². The number of carbonyl (C=O) groups excluding carboxylic acids is 1. The molecular weight excluding hydrogens is 230 g/mol. The number of aryl methyl sites for hydroxylation is 2. The van der Waals surface area contributed by atoms with Gasteiger partial charge in [-0.3, -0.25) is 4.79 Å². The molecule has 5 heteroatoms. The van der Waals surface area contributed by atoms with Crippen molar-refractivity contribution in [2.24, 2.45) is 11.7 Å². The highest BCUT2D eigenvalue weighted by molar-refractivity contribution is 5.76. The molecule has 1 aromatic heterocycles. The van der Waals surface area contributed by atoms with Crippen LogP contribution in [0.5, 0.6) is 0 Å². The van der Waals surface area contributed by atoms with Crippen LogP contribution in [0.3, 0.4) is 0 Å². The van der Waals surface area contributed by atoms with Gasteiger partial charge in [0.2, 0.25) is 5.91 Å². The van der Waals surface area contributed by atoms with E-state index in [-0.39, 0.29) is 17.9 Å². The summed E-state index contributed by atoms with van der Waals surface area (Å²) in [4.78, 5) is 11.9. The topological polar surface area (TPSA) is 81.2 Å². The molecule has 102 valence electrons. The number of nitrogens with zero attached hydrogens (tertiary/aromatic N) is 1. The summed E-state index contributed by atoms with van der Waals surface area (Å²) in [6, 6.07) is -0.0842. The van der Waals surface area contributed by atoms with Gasteiger partial charge in [-0.15, -0.1) is 0 Å². The third-order valence-corrected chi connectivity index (χ3v) is 3.28. The van der Waals surface area contributed by atoms with Crippen molar-refractivity contribution in [2.45, 2.75) is 46.6 Å². The van der Waals surface area contributed by atoms with E-state index in [0.717, 1.165) is 23.4 Å². The Morgan fingerprint density at radius 3 is 2.61 bits per heavy atom. The number of aromatic nitrogens is 1. The maximum absolute atomic E-state index is 11.9. The minimum atomic E-state index is -0.0842. The largest absolute Gasteiger partial charge is 0.361 e. The van der Waals surface area contributed by atoms with Crippen molar-refractivity contribution in [1.29, 1.82) is 0 Å². The molecule has 0 aliphatic heterocycles. The van der Waals surface area contributed by atoms with Gasteiger partial charge in [0.05, 0.1) is 11.7 Å². The van der Waals surface area contributed by atoms with E-state index in [9.17, 15) is 4.79 Å². The van der Waals surface area contributed by atoms with Crippen molar-refractivity contribution in [3.8, 4) is 0 Å². The van der Waals surface area contributed by atoms with E-state index < -0.39 is 0 Å². The lowest BCUT2D eigenvalue weighted by molar-refractivity contribution is -0.122. The number of nitrogens with two attached hydrogens (primary N) is 1. The Labute approximate surface area is 108 Å². The Hall–Kier alpha value is -1.36. The Bertz CT molecular complexity index is 377. The van der Waals surface area contributed by atoms with Crippen LogP contribution in [0, 0.1) is 19.8 Å². The number of hydrogen-bond donors (Lipinski definition) is 2. The highest BCUT2D eigenvalue weighted by Gasteiger charge is 2.19. The minimum absolute atomic E-state index is 0.0276. The summed E-state index contributed by atoms with van der Waals surface area (Å²) >= 11 is 0. The maximum Gasteiger partial charge on any atom is 0.220 e. The number of amides is 1. The van der Waals surface area contributed by atoms with Crippen LogP contribution in [0.2, 0.25) is 0 Å². The molecular formula is C13H23N3O2. The van der Waals surface area contributed by atoms with E-state index in [1.807, 2.05) is 27.7 Å². The van der Waals surface area contributed by atoms with Gasteiger partial charge < -0.3 is 15.6 Å². The van der Waals surface area contributed by atoms with E-state index in [2.05, 4.69) is 10.5 Å². The predicted octanol–water partition coefficient (Wildman–Crippen LogP) is 1.84. The number of nitrogens with one attached hydrogen (secondary N) is 1. The fourth-order valence-electron chi connectivity index (χ4n) is 2.14. The predicted molar refractivity (Wildman–Crippen MR) is 70.0 cm³/mol. The number of carbonyl (C=O) groups is 1. The lowest BCUT2D eigenvalue weighted by Gasteiger charge is -2.16. The van der Waals surface area contributed by atoms with Crippen LogP contribution in [-0.4, -0.2) is 17.6 Å². The Morgan fingerprint density at radius 1 is 1.50 bits per heavy atom. The van der Waals surface area contributed by atoms with E-state index in [0.29, 0.717) is 13.0 Å². The summed E-state index contributed by atoms with van der Waals surface area (Å²) in [7, 11) is 0. The fraction of sp³-hybridized carbons (Fsp3) is 0.692. The first-order valence-corrected chi connectivity index (χ1v) is 6.41. The van der Waals surface area contributed by atoms with Crippen LogP contribution >= 0.6 is 0 Å². The third kappa shape index (κ3) is 3.57. The van der Waals surface area contributed by atoms with Gasteiger partial charge in [-0.25, -0.2) is 0 Å². The second kappa shape index (κ2) is 6.54. The van der Waals surface area contributed by atoms with Gasteiger partial charge in [0.15, 0.2) is 0 Å². The molecule has 5 nitrogen and oxygen atoms in total. The first-order valence-electron chi connectivity index (χ1n) is 6.41. The van der Waals surface area contributed by atoms with Gasteiger partial charge in [-0.05, 0) is 33.2 Å². The van der Waals surface area contributed by atoms with Gasteiger partial charge >= 0.3 is 0 Å². The van der Waals surface area contributed by atoms with E-state index in [1.165, 1.54) is 0 Å². The van der Waals surface area contributed by atoms with Crippen molar-refractivity contribution in [3.05, 3.63) is 17.0 Å². The molecule has 3 N–H and O–H groups in total. The average molecular weight is 253 g/mol. The Kier molecular flexibility index (Phi) is 5.34. The van der Waals surface area contributed by atoms with E-state index >= 15 is 0 Å². The Balaban J connectivity index is 2.60. The maximum atomic E-state index is 11.9. The summed E-state index contributed by atoms with van der Waals surface area (Å²) in [5, 5.41) is 6.86. The van der Waals surface area contributed by atoms with Crippen LogP contribution in [0.4, 0.5) is 0 Å². The zero-order valence-corrected chi connectivity index (χ0v) is 11.6. The van der Waals surface area contributed by atoms with E-state index in [1.54, 1.807) is 0 Å². The summed E-state index contributed by atoms with van der Waals surface area (Å²) in [5.41, 5.74) is 7.39. The number of hydrogen-bond acceptors (Lipinski definition) is 4. The minimum Gasteiger partial charge on any atom is -0.361 e. The summed E-state index contributed by atoms with van der Waals surface area (Å²) in [6.07, 6.45) is 1.39. The van der Waals surface area contributed by atoms with Crippen LogP contribution in [0.15, 0.2) is 4.52 Å². The van der Waals surface area contributed by atoms with Gasteiger partial charge in [0, 0.05) is 12.0 Å². The molecule has 2 unspecified atom stereocenters. The second-order valence-corrected chi connectivity index (χ2v) is 4.74. The van der Waals surface area contributed by atoms with Crippen LogP contribution in [0.25, 0.3) is 0 Å². The van der Waals surface area contributed by atoms with Crippen molar-refractivity contribution in [3.63, 3.8) is 0 Å². The molecule has 1 aromatic rings. The summed E-state index contributed by atoms with van der Waals surface area (Å²) in [5.74, 6) is 1.04. The molecule has 1 amide bonds. The smallest absolute Gasteiger partial charge is 0.220 e. The molecule has 0 fully saturated rings. The van der Waals surface area contributed by atoms with Crippen molar-refractivity contribution >= 4 is 5.91 Å². The molecule has 18 heavy (non-hydrogen) atoms. The molecule has 2 atom stereocenters. The molecule has 0 saturated carbocycles. The Morgan fingerprint density at radius 2 is 2.17 bits per heavy atom. The average Bonchev–Trinajstić information content (AvgIpc) is 2.65. The first kappa shape index (κ1) is 14.7. The molecule has 0 spiro atoms. The lowest BCUT2D eigenvalue weighted by atomic mass is 10.0. The van der Waals surface area contributed by atoms with Crippen molar-refractivity contribution in [2.75, 3.05) is 6.54 Å². The zero-order valence-electron chi connectivity index (χ0n) is 11.6. The molecule has 0 aromatic carbocycles. The summed E-state index contributed by atoms with van der Waals surface area (Å²) in [6.45, 7) is 8.26. The molecule has 0 aliphatic carbocycles. The zero-order chi connectivity index (χ0) is 13.7. The van der Waals surface area contributed by atoms with Crippen LogP contribution < -0.4 is 11.1 Å². The van der Waals surface area contributed by atoms with Gasteiger partial charge in [0.25, 0.3) is 0 Å².